The Morgan fingerprint density at radius 1 is 1.12 bits per heavy atom. The number of aryl methyl sites for hydroxylation is 1. The number of hydrazone groups is 1. The predicted octanol–water partition coefficient (Wildman–Crippen LogP) is 1.38. The summed E-state index contributed by atoms with van der Waals surface area (Å²) in [4.78, 5) is 29.5. The van der Waals surface area contributed by atoms with Crippen LogP contribution in [0, 0.1) is 0 Å². The largest absolute Gasteiger partial charge is 0.332 e. The molecule has 8 heteroatoms. The minimum atomic E-state index is -0.370. The van der Waals surface area contributed by atoms with Gasteiger partial charge in [-0.05, 0) is 20.3 Å². The summed E-state index contributed by atoms with van der Waals surface area (Å²) in [7, 11) is 3.14. The summed E-state index contributed by atoms with van der Waals surface area (Å²) in [5.74, 6) is 0.637. The van der Waals surface area contributed by atoms with Crippen LogP contribution in [0.1, 0.15) is 46.1 Å². The normalized spacial score (nSPS) is 17.3. The van der Waals surface area contributed by atoms with Gasteiger partial charge in [-0.2, -0.15) is 10.1 Å². The first-order valence-corrected chi connectivity index (χ1v) is 8.39. The minimum Gasteiger partial charge on any atom is -0.294 e. The van der Waals surface area contributed by atoms with E-state index in [9.17, 15) is 9.59 Å². The molecule has 0 fully saturated rings. The molecule has 0 saturated carbocycles. The number of aromatic nitrogens is 4. The van der Waals surface area contributed by atoms with Crippen molar-refractivity contribution in [3.8, 4) is 0 Å². The molecule has 0 N–H and O–H groups in total. The number of fused-ring (bicyclic) bond motifs is 3. The second-order valence-corrected chi connectivity index (χ2v) is 6.41. The van der Waals surface area contributed by atoms with Crippen LogP contribution >= 0.6 is 0 Å². The summed E-state index contributed by atoms with van der Waals surface area (Å²) in [5.41, 5.74) is 1.11. The van der Waals surface area contributed by atoms with Gasteiger partial charge in [0.25, 0.3) is 5.56 Å². The number of anilines is 1. The number of nitrogens with zero attached hydrogens (tertiary/aromatic N) is 6. The fraction of sp³-hybridized carbons (Fsp3) is 0.625. The summed E-state index contributed by atoms with van der Waals surface area (Å²) in [5, 5.41) is 6.50. The van der Waals surface area contributed by atoms with Crippen LogP contribution in [0.5, 0.6) is 0 Å². The van der Waals surface area contributed by atoms with Crippen LogP contribution in [0.15, 0.2) is 14.7 Å². The molecule has 1 unspecified atom stereocenters. The minimum absolute atomic E-state index is 0.0716. The smallest absolute Gasteiger partial charge is 0.294 e. The van der Waals surface area contributed by atoms with Crippen LogP contribution in [-0.4, -0.2) is 30.9 Å². The highest BCUT2D eigenvalue weighted by molar-refractivity contribution is 5.90. The Balaban J connectivity index is 2.26. The van der Waals surface area contributed by atoms with Crippen LogP contribution in [0.2, 0.25) is 0 Å². The molecule has 0 radical (unpaired) electrons. The van der Waals surface area contributed by atoms with Gasteiger partial charge in [0.2, 0.25) is 5.95 Å². The van der Waals surface area contributed by atoms with Crippen molar-refractivity contribution < 1.29 is 0 Å². The van der Waals surface area contributed by atoms with Gasteiger partial charge < -0.3 is 0 Å². The molecule has 1 aliphatic heterocycles. The third kappa shape index (κ3) is 2.28. The molecule has 8 nitrogen and oxygen atoms in total. The van der Waals surface area contributed by atoms with Gasteiger partial charge in [-0.1, -0.05) is 19.8 Å². The maximum Gasteiger partial charge on any atom is 0.332 e. The maximum absolute atomic E-state index is 12.7. The highest BCUT2D eigenvalue weighted by Gasteiger charge is 2.29. The van der Waals surface area contributed by atoms with Gasteiger partial charge in [0.05, 0.1) is 11.8 Å². The lowest BCUT2D eigenvalue weighted by molar-refractivity contribution is 0.611. The van der Waals surface area contributed by atoms with Gasteiger partial charge in [0.15, 0.2) is 11.2 Å². The first-order valence-electron chi connectivity index (χ1n) is 8.39. The summed E-state index contributed by atoms with van der Waals surface area (Å²) in [6.45, 7) is 6.85. The van der Waals surface area contributed by atoms with Gasteiger partial charge in [-0.3, -0.25) is 18.5 Å². The fourth-order valence-electron chi connectivity index (χ4n) is 3.12. The topological polar surface area (TPSA) is 77.4 Å². The molecule has 24 heavy (non-hydrogen) atoms. The summed E-state index contributed by atoms with van der Waals surface area (Å²) < 4.78 is 4.46. The Labute approximate surface area is 140 Å². The van der Waals surface area contributed by atoms with Crippen LogP contribution in [0.3, 0.4) is 0 Å². The second kappa shape index (κ2) is 5.92. The Morgan fingerprint density at radius 3 is 2.50 bits per heavy atom. The zero-order valence-electron chi connectivity index (χ0n) is 14.9. The highest BCUT2D eigenvalue weighted by atomic mass is 16.2. The molecular formula is C16H24N6O2. The number of hydrogen-bond donors (Lipinski definition) is 0. The fourth-order valence-corrected chi connectivity index (χ4v) is 3.12. The van der Waals surface area contributed by atoms with Gasteiger partial charge in [0, 0.05) is 20.6 Å². The number of imidazole rings is 1. The lowest BCUT2D eigenvalue weighted by Crippen LogP contribution is -2.38. The first kappa shape index (κ1) is 16.5. The molecule has 0 aromatic carbocycles. The molecule has 3 heterocycles. The van der Waals surface area contributed by atoms with Crippen LogP contribution in [0.25, 0.3) is 11.2 Å². The third-order valence-electron chi connectivity index (χ3n) is 4.75. The summed E-state index contributed by atoms with van der Waals surface area (Å²) in [6, 6.07) is -0.0716. The third-order valence-corrected chi connectivity index (χ3v) is 4.75. The van der Waals surface area contributed by atoms with E-state index in [1.807, 2.05) is 23.4 Å². The molecule has 1 atom stereocenters. The maximum atomic E-state index is 12.7. The average molecular weight is 332 g/mol. The molecule has 2 aromatic rings. The Morgan fingerprint density at radius 2 is 1.83 bits per heavy atom. The zero-order valence-corrected chi connectivity index (χ0v) is 14.9. The van der Waals surface area contributed by atoms with Gasteiger partial charge in [-0.15, -0.1) is 0 Å². The van der Waals surface area contributed by atoms with Crippen LogP contribution in [-0.2, 0) is 14.1 Å². The molecule has 1 aliphatic rings. The van der Waals surface area contributed by atoms with Crippen molar-refractivity contribution in [2.24, 2.45) is 19.2 Å². The Kier molecular flexibility index (Phi) is 4.06. The van der Waals surface area contributed by atoms with E-state index in [-0.39, 0.29) is 17.3 Å². The van der Waals surface area contributed by atoms with E-state index in [1.54, 1.807) is 7.05 Å². The lowest BCUT2D eigenvalue weighted by atomic mass is 10.2. The first-order chi connectivity index (χ1) is 11.4. The Hall–Kier alpha value is -2.38. The monoisotopic (exact) mass is 332 g/mol. The molecule has 2 aromatic heterocycles. The predicted molar refractivity (Wildman–Crippen MR) is 94.9 cm³/mol. The molecule has 0 aliphatic carbocycles. The number of unbranched alkanes of at least 4 members (excludes halogenated alkanes) is 2. The van der Waals surface area contributed by atoms with E-state index in [0.717, 1.165) is 36.1 Å². The molecule has 130 valence electrons. The molecular weight excluding hydrogens is 308 g/mol. The van der Waals surface area contributed by atoms with Crippen molar-refractivity contribution in [2.45, 2.75) is 46.1 Å². The molecule has 3 rings (SSSR count). The number of rotatable bonds is 4. The van der Waals surface area contributed by atoms with E-state index in [2.05, 4.69) is 17.0 Å². The van der Waals surface area contributed by atoms with Crippen molar-refractivity contribution in [1.29, 1.82) is 0 Å². The summed E-state index contributed by atoms with van der Waals surface area (Å²) >= 11 is 0. The average Bonchev–Trinajstić information content (AvgIpc) is 2.96. The Bertz CT molecular complexity index is 933. The van der Waals surface area contributed by atoms with Gasteiger partial charge in [0.1, 0.15) is 0 Å². The molecule has 0 saturated heterocycles. The van der Waals surface area contributed by atoms with E-state index < -0.39 is 0 Å². The summed E-state index contributed by atoms with van der Waals surface area (Å²) in [6.07, 6.45) is 3.24. The molecule has 0 bridgehead atoms. The van der Waals surface area contributed by atoms with Crippen molar-refractivity contribution in [3.05, 3.63) is 20.8 Å². The SMILES string of the molecule is CCCCCN1N=C(C)C(C)n2c1nc1c2c(=O)n(C)c(=O)n1C. The van der Waals surface area contributed by atoms with Gasteiger partial charge >= 0.3 is 5.69 Å². The molecule has 0 spiro atoms. The number of hydrogen-bond acceptors (Lipinski definition) is 5. The zero-order chi connectivity index (χ0) is 17.6. The van der Waals surface area contributed by atoms with Crippen molar-refractivity contribution >= 4 is 22.8 Å². The van der Waals surface area contributed by atoms with Crippen LogP contribution in [0.4, 0.5) is 5.95 Å². The highest BCUT2D eigenvalue weighted by Crippen LogP contribution is 2.29. The van der Waals surface area contributed by atoms with E-state index >= 15 is 0 Å². The van der Waals surface area contributed by atoms with Crippen LogP contribution < -0.4 is 16.3 Å². The lowest BCUT2D eigenvalue weighted by Gasteiger charge is -2.29. The van der Waals surface area contributed by atoms with Gasteiger partial charge in [-0.25, -0.2) is 9.80 Å². The van der Waals surface area contributed by atoms with Crippen molar-refractivity contribution in [1.82, 2.24) is 18.7 Å². The van der Waals surface area contributed by atoms with E-state index in [0.29, 0.717) is 17.1 Å². The van der Waals surface area contributed by atoms with Crippen molar-refractivity contribution in [3.63, 3.8) is 0 Å². The molecule has 0 amide bonds. The van der Waals surface area contributed by atoms with E-state index in [1.165, 1.54) is 11.6 Å². The standard InChI is InChI=1S/C16H24N6O2/c1-6-7-8-9-21-15-17-13-12(22(15)11(3)10(2)18-21)14(23)20(5)16(24)19(13)4/h11H,6-9H2,1-5H3. The van der Waals surface area contributed by atoms with E-state index in [4.69, 9.17) is 0 Å². The quantitative estimate of drug-likeness (QED) is 0.793. The van der Waals surface area contributed by atoms with Crippen molar-refractivity contribution in [2.75, 3.05) is 11.6 Å². The second-order valence-electron chi connectivity index (χ2n) is 6.41.